The van der Waals surface area contributed by atoms with Crippen LogP contribution in [0.3, 0.4) is 0 Å². The van der Waals surface area contributed by atoms with Crippen molar-refractivity contribution in [2.24, 2.45) is 0 Å². The van der Waals surface area contributed by atoms with E-state index in [0.29, 0.717) is 23.5 Å². The summed E-state index contributed by atoms with van der Waals surface area (Å²) < 4.78 is 2.53. The van der Waals surface area contributed by atoms with Gasteiger partial charge in [-0.3, -0.25) is 9.20 Å². The van der Waals surface area contributed by atoms with Crippen LogP contribution < -0.4 is 5.32 Å². The van der Waals surface area contributed by atoms with Crippen molar-refractivity contribution in [2.45, 2.75) is 20.3 Å². The number of hydrogen-bond donors (Lipinski definition) is 2. The fourth-order valence-electron chi connectivity index (χ4n) is 2.73. The highest BCUT2D eigenvalue weighted by Crippen LogP contribution is 2.24. The fraction of sp³-hybridized carbons (Fsp3) is 0.167. The number of fused-ring (bicyclic) bond motifs is 1. The van der Waals surface area contributed by atoms with Crippen molar-refractivity contribution >= 4 is 39.1 Å². The largest absolute Gasteiger partial charge is 0.478 e. The second-order valence-corrected chi connectivity index (χ2v) is 6.48. The highest BCUT2D eigenvalue weighted by Gasteiger charge is 2.21. The second-order valence-electron chi connectivity index (χ2n) is 5.62. The molecule has 0 atom stereocenters. The van der Waals surface area contributed by atoms with Gasteiger partial charge < -0.3 is 10.4 Å². The lowest BCUT2D eigenvalue weighted by atomic mass is 10.1. The molecule has 128 valence electrons. The van der Waals surface area contributed by atoms with Crippen LogP contribution in [0.15, 0.2) is 41.0 Å². The lowest BCUT2D eigenvalue weighted by Crippen LogP contribution is -2.18. The Kier molecular flexibility index (Phi) is 4.59. The Morgan fingerprint density at radius 3 is 2.72 bits per heavy atom. The third-order valence-electron chi connectivity index (χ3n) is 3.84. The molecule has 7 heteroatoms. The number of benzene rings is 1. The van der Waals surface area contributed by atoms with Crippen molar-refractivity contribution < 1.29 is 14.7 Å². The quantitative estimate of drug-likeness (QED) is 0.693. The van der Waals surface area contributed by atoms with Crippen LogP contribution in [0, 0.1) is 6.92 Å². The zero-order valence-corrected chi connectivity index (χ0v) is 15.3. The number of anilines is 1. The Morgan fingerprint density at radius 2 is 2.04 bits per heavy atom. The minimum Gasteiger partial charge on any atom is -0.478 e. The monoisotopic (exact) mass is 401 g/mol. The highest BCUT2D eigenvalue weighted by molar-refractivity contribution is 9.10. The summed E-state index contributed by atoms with van der Waals surface area (Å²) in [7, 11) is 0. The van der Waals surface area contributed by atoms with Crippen LogP contribution in [0.2, 0.25) is 0 Å². The number of nitrogens with one attached hydrogen (secondary N) is 1. The first-order valence-electron chi connectivity index (χ1n) is 7.73. The number of carboxylic acids is 1. The number of halogens is 1. The Balaban J connectivity index is 2.10. The molecular formula is C18H16BrN3O3. The molecule has 0 aliphatic heterocycles. The number of hydrogen-bond acceptors (Lipinski definition) is 3. The number of carboxylic acid groups (broad SMARTS) is 1. The molecule has 25 heavy (non-hydrogen) atoms. The number of para-hydroxylation sites is 1. The minimum atomic E-state index is -1.09. The molecule has 2 aromatic heterocycles. The number of nitrogens with zero attached hydrogens (tertiary/aromatic N) is 2. The summed E-state index contributed by atoms with van der Waals surface area (Å²) in [6.07, 6.45) is 2.42. The molecule has 1 aromatic carbocycles. The van der Waals surface area contributed by atoms with Crippen molar-refractivity contribution in [3.8, 4) is 0 Å². The number of aromatic carboxylic acids is 1. The fourth-order valence-corrected chi connectivity index (χ4v) is 3.37. The summed E-state index contributed by atoms with van der Waals surface area (Å²) in [5.74, 6) is -1.49. The summed E-state index contributed by atoms with van der Waals surface area (Å²) >= 11 is 3.48. The second kappa shape index (κ2) is 6.68. The topological polar surface area (TPSA) is 83.7 Å². The van der Waals surface area contributed by atoms with Crippen molar-refractivity contribution in [2.75, 3.05) is 5.32 Å². The van der Waals surface area contributed by atoms with Crippen LogP contribution in [0.4, 0.5) is 5.69 Å². The van der Waals surface area contributed by atoms with E-state index in [0.717, 1.165) is 10.0 Å². The molecule has 0 fully saturated rings. The number of aryl methyl sites for hydroxylation is 2. The number of carbonyl (C=O) groups is 2. The highest BCUT2D eigenvalue weighted by atomic mass is 79.9. The number of aromatic nitrogens is 2. The van der Waals surface area contributed by atoms with Gasteiger partial charge in [-0.05, 0) is 53.0 Å². The molecule has 6 nitrogen and oxygen atoms in total. The number of amides is 1. The van der Waals surface area contributed by atoms with Crippen LogP contribution in [0.25, 0.3) is 5.65 Å². The maximum Gasteiger partial charge on any atom is 0.337 e. The van der Waals surface area contributed by atoms with Gasteiger partial charge in [0.15, 0.2) is 5.65 Å². The third-order valence-corrected chi connectivity index (χ3v) is 4.42. The minimum absolute atomic E-state index is 0.0417. The first kappa shape index (κ1) is 17.2. The van der Waals surface area contributed by atoms with E-state index in [1.165, 1.54) is 6.07 Å². The van der Waals surface area contributed by atoms with Crippen molar-refractivity contribution in [1.82, 2.24) is 9.38 Å². The van der Waals surface area contributed by atoms with Gasteiger partial charge in [-0.2, -0.15) is 0 Å². The third kappa shape index (κ3) is 3.15. The summed E-state index contributed by atoms with van der Waals surface area (Å²) in [6.45, 7) is 3.85. The van der Waals surface area contributed by atoms with Gasteiger partial charge in [0.1, 0.15) is 5.69 Å². The SMILES string of the molecule is CCc1nc2c(Br)cc(C)cn2c1C(=O)Nc1ccccc1C(=O)O. The Bertz CT molecular complexity index is 995. The van der Waals surface area contributed by atoms with Crippen molar-refractivity contribution in [3.05, 3.63) is 63.5 Å². The molecule has 2 N–H and O–H groups in total. The van der Waals surface area contributed by atoms with Crippen LogP contribution >= 0.6 is 15.9 Å². The molecule has 1 amide bonds. The number of imidazole rings is 1. The van der Waals surface area contributed by atoms with Crippen LogP contribution in [0.1, 0.15) is 39.0 Å². The van der Waals surface area contributed by atoms with E-state index in [9.17, 15) is 14.7 Å². The molecule has 0 unspecified atom stereocenters. The van der Waals surface area contributed by atoms with Crippen LogP contribution in [0.5, 0.6) is 0 Å². The molecule has 2 heterocycles. The van der Waals surface area contributed by atoms with E-state index in [1.807, 2.05) is 26.1 Å². The zero-order chi connectivity index (χ0) is 18.1. The summed E-state index contributed by atoms with van der Waals surface area (Å²) in [5.41, 5.74) is 2.97. The zero-order valence-electron chi connectivity index (χ0n) is 13.7. The smallest absolute Gasteiger partial charge is 0.337 e. The first-order valence-corrected chi connectivity index (χ1v) is 8.52. The molecule has 0 saturated carbocycles. The van der Waals surface area contributed by atoms with Crippen molar-refractivity contribution in [1.29, 1.82) is 0 Å². The molecular weight excluding hydrogens is 386 g/mol. The van der Waals surface area contributed by atoms with Gasteiger partial charge in [0.2, 0.25) is 0 Å². The molecule has 0 radical (unpaired) electrons. The van der Waals surface area contributed by atoms with E-state index in [1.54, 1.807) is 22.6 Å². The maximum atomic E-state index is 12.9. The summed E-state index contributed by atoms with van der Waals surface area (Å²) in [4.78, 5) is 28.8. The standard InChI is InChI=1S/C18H16BrN3O3/c1-3-13-15(22-9-10(2)8-12(19)16(22)20-13)17(23)21-14-7-5-4-6-11(14)18(24)25/h4-9H,3H2,1-2H3,(H,21,23)(H,24,25). The predicted molar refractivity (Wildman–Crippen MR) is 98.4 cm³/mol. The molecule has 0 aliphatic carbocycles. The Labute approximate surface area is 152 Å². The average molecular weight is 402 g/mol. The lowest BCUT2D eigenvalue weighted by molar-refractivity contribution is 0.0698. The number of pyridine rings is 1. The van der Waals surface area contributed by atoms with E-state index >= 15 is 0 Å². The Hall–Kier alpha value is -2.67. The molecule has 3 rings (SSSR count). The maximum absolute atomic E-state index is 12.9. The van der Waals surface area contributed by atoms with Gasteiger partial charge in [-0.25, -0.2) is 9.78 Å². The van der Waals surface area contributed by atoms with E-state index in [4.69, 9.17) is 0 Å². The normalized spacial score (nSPS) is 10.8. The summed E-state index contributed by atoms with van der Waals surface area (Å²) in [5, 5.41) is 12.0. The van der Waals surface area contributed by atoms with Gasteiger partial charge in [0, 0.05) is 6.20 Å². The van der Waals surface area contributed by atoms with Crippen molar-refractivity contribution in [3.63, 3.8) is 0 Å². The van der Waals surface area contributed by atoms with Gasteiger partial charge in [-0.15, -0.1) is 0 Å². The Morgan fingerprint density at radius 1 is 1.32 bits per heavy atom. The van der Waals surface area contributed by atoms with Gasteiger partial charge in [0.05, 0.1) is 21.4 Å². The van der Waals surface area contributed by atoms with E-state index in [2.05, 4.69) is 26.2 Å². The first-order chi connectivity index (χ1) is 11.9. The average Bonchev–Trinajstić information content (AvgIpc) is 2.94. The van der Waals surface area contributed by atoms with E-state index < -0.39 is 11.9 Å². The lowest BCUT2D eigenvalue weighted by Gasteiger charge is -2.09. The van der Waals surface area contributed by atoms with E-state index in [-0.39, 0.29) is 11.3 Å². The molecule has 0 saturated heterocycles. The van der Waals surface area contributed by atoms with Gasteiger partial charge in [0.25, 0.3) is 5.91 Å². The van der Waals surface area contributed by atoms with Gasteiger partial charge in [-0.1, -0.05) is 19.1 Å². The molecule has 0 aliphatic rings. The number of carbonyl (C=O) groups excluding carboxylic acids is 1. The summed E-state index contributed by atoms with van der Waals surface area (Å²) in [6, 6.07) is 8.25. The van der Waals surface area contributed by atoms with Gasteiger partial charge >= 0.3 is 5.97 Å². The van der Waals surface area contributed by atoms with Crippen LogP contribution in [-0.2, 0) is 6.42 Å². The molecule has 3 aromatic rings. The predicted octanol–water partition coefficient (Wildman–Crippen LogP) is 3.92. The van der Waals surface area contributed by atoms with Crippen LogP contribution in [-0.4, -0.2) is 26.4 Å². The molecule has 0 spiro atoms. The number of rotatable bonds is 4. The molecule has 0 bridgehead atoms.